The number of benzene rings is 1. The first-order valence-corrected chi connectivity index (χ1v) is 7.13. The Balaban J connectivity index is 2.22. The Kier molecular flexibility index (Phi) is 4.65. The number of rotatable bonds is 4. The summed E-state index contributed by atoms with van der Waals surface area (Å²) < 4.78 is 12.1. The molecule has 0 amide bonds. The van der Waals surface area contributed by atoms with Crippen molar-refractivity contribution in [1.82, 2.24) is 0 Å². The number of hydrogen-bond donors (Lipinski definition) is 1. The standard InChI is InChI=1S/C14H19BrO3/c1-3-17-13-5-4-11(15)7-12(13)14(16)10-6-9(2)18-8-10/h4-5,7,9-10,14,16H,3,6,8H2,1-2H3. The lowest BCUT2D eigenvalue weighted by molar-refractivity contribution is 0.0786. The van der Waals surface area contributed by atoms with Crippen molar-refractivity contribution in [2.45, 2.75) is 32.5 Å². The van der Waals surface area contributed by atoms with E-state index in [9.17, 15) is 5.11 Å². The Hall–Kier alpha value is -0.580. The molecule has 0 spiro atoms. The van der Waals surface area contributed by atoms with Crippen LogP contribution in [0.2, 0.25) is 0 Å². The van der Waals surface area contributed by atoms with Gasteiger partial charge in [-0.2, -0.15) is 0 Å². The second kappa shape index (κ2) is 6.04. The first-order chi connectivity index (χ1) is 8.61. The molecule has 1 N–H and O–H groups in total. The van der Waals surface area contributed by atoms with Gasteiger partial charge in [0.15, 0.2) is 0 Å². The first kappa shape index (κ1) is 13.8. The molecule has 1 aliphatic heterocycles. The molecule has 1 aromatic carbocycles. The molecule has 0 aliphatic carbocycles. The van der Waals surface area contributed by atoms with Gasteiger partial charge in [0.2, 0.25) is 0 Å². The Bertz CT molecular complexity index is 408. The van der Waals surface area contributed by atoms with Crippen LogP contribution in [0.1, 0.15) is 31.9 Å². The molecule has 0 aromatic heterocycles. The fourth-order valence-corrected chi connectivity index (χ4v) is 2.74. The van der Waals surface area contributed by atoms with E-state index in [2.05, 4.69) is 15.9 Å². The number of ether oxygens (including phenoxy) is 2. The van der Waals surface area contributed by atoms with Crippen LogP contribution < -0.4 is 4.74 Å². The summed E-state index contributed by atoms with van der Waals surface area (Å²) in [4.78, 5) is 0. The molecular weight excluding hydrogens is 296 g/mol. The van der Waals surface area contributed by atoms with Gasteiger partial charge >= 0.3 is 0 Å². The molecule has 1 heterocycles. The molecule has 0 radical (unpaired) electrons. The third kappa shape index (κ3) is 3.05. The highest BCUT2D eigenvalue weighted by molar-refractivity contribution is 9.10. The molecule has 1 fully saturated rings. The Morgan fingerprint density at radius 2 is 2.33 bits per heavy atom. The van der Waals surface area contributed by atoms with Gasteiger partial charge in [-0.25, -0.2) is 0 Å². The zero-order valence-electron chi connectivity index (χ0n) is 10.7. The van der Waals surface area contributed by atoms with Crippen molar-refractivity contribution in [3.8, 4) is 5.75 Å². The zero-order chi connectivity index (χ0) is 13.1. The van der Waals surface area contributed by atoms with Crippen LogP contribution >= 0.6 is 15.9 Å². The van der Waals surface area contributed by atoms with Crippen LogP contribution in [0.5, 0.6) is 5.75 Å². The van der Waals surface area contributed by atoms with Gasteiger partial charge in [0.05, 0.1) is 25.4 Å². The molecule has 0 bridgehead atoms. The SMILES string of the molecule is CCOc1ccc(Br)cc1C(O)C1COC(C)C1. The van der Waals surface area contributed by atoms with Gasteiger partial charge in [0.1, 0.15) is 5.75 Å². The third-order valence-corrected chi connectivity index (χ3v) is 3.76. The molecule has 100 valence electrons. The molecule has 3 nitrogen and oxygen atoms in total. The van der Waals surface area contributed by atoms with Crippen LogP contribution in [0, 0.1) is 5.92 Å². The second-order valence-electron chi connectivity index (χ2n) is 4.70. The highest BCUT2D eigenvalue weighted by Crippen LogP contribution is 2.37. The van der Waals surface area contributed by atoms with Gasteiger partial charge < -0.3 is 14.6 Å². The molecule has 4 heteroatoms. The van der Waals surface area contributed by atoms with Crippen molar-refractivity contribution in [3.05, 3.63) is 28.2 Å². The van der Waals surface area contributed by atoms with Crippen molar-refractivity contribution < 1.29 is 14.6 Å². The van der Waals surface area contributed by atoms with Crippen LogP contribution in [0.3, 0.4) is 0 Å². The van der Waals surface area contributed by atoms with E-state index in [0.717, 1.165) is 22.2 Å². The summed E-state index contributed by atoms with van der Waals surface area (Å²) in [6, 6.07) is 5.75. The van der Waals surface area contributed by atoms with Crippen molar-refractivity contribution in [2.24, 2.45) is 5.92 Å². The summed E-state index contributed by atoms with van der Waals surface area (Å²) in [6.45, 7) is 5.19. The van der Waals surface area contributed by atoms with Gasteiger partial charge in [-0.1, -0.05) is 15.9 Å². The lowest BCUT2D eigenvalue weighted by Gasteiger charge is -2.20. The highest BCUT2D eigenvalue weighted by atomic mass is 79.9. The molecule has 0 saturated carbocycles. The Morgan fingerprint density at radius 1 is 1.56 bits per heavy atom. The predicted octanol–water partition coefficient (Wildman–Crippen LogP) is 3.31. The van der Waals surface area contributed by atoms with Crippen LogP contribution in [0.15, 0.2) is 22.7 Å². The van der Waals surface area contributed by atoms with Gasteiger partial charge in [-0.15, -0.1) is 0 Å². The number of aliphatic hydroxyl groups excluding tert-OH is 1. The van der Waals surface area contributed by atoms with E-state index in [4.69, 9.17) is 9.47 Å². The Labute approximate surface area is 116 Å². The van der Waals surface area contributed by atoms with Crippen molar-refractivity contribution in [3.63, 3.8) is 0 Å². The molecular formula is C14H19BrO3. The highest BCUT2D eigenvalue weighted by Gasteiger charge is 2.31. The lowest BCUT2D eigenvalue weighted by Crippen LogP contribution is -2.14. The predicted molar refractivity (Wildman–Crippen MR) is 73.8 cm³/mol. The molecule has 1 aliphatic rings. The Morgan fingerprint density at radius 3 is 2.94 bits per heavy atom. The van der Waals surface area contributed by atoms with Gasteiger partial charge in [0.25, 0.3) is 0 Å². The summed E-state index contributed by atoms with van der Waals surface area (Å²) in [5.41, 5.74) is 0.842. The topological polar surface area (TPSA) is 38.7 Å². The molecule has 3 unspecified atom stereocenters. The average molecular weight is 315 g/mol. The summed E-state index contributed by atoms with van der Waals surface area (Å²) in [5, 5.41) is 10.5. The van der Waals surface area contributed by atoms with E-state index in [1.165, 1.54) is 0 Å². The van der Waals surface area contributed by atoms with Crippen LogP contribution in [-0.2, 0) is 4.74 Å². The number of hydrogen-bond acceptors (Lipinski definition) is 3. The minimum Gasteiger partial charge on any atom is -0.493 e. The molecule has 2 rings (SSSR count). The van der Waals surface area contributed by atoms with Crippen LogP contribution in [0.25, 0.3) is 0 Å². The summed E-state index contributed by atoms with van der Waals surface area (Å²) in [5.74, 6) is 0.904. The third-order valence-electron chi connectivity index (χ3n) is 3.27. The zero-order valence-corrected chi connectivity index (χ0v) is 12.3. The van der Waals surface area contributed by atoms with E-state index in [0.29, 0.717) is 13.2 Å². The number of aliphatic hydroxyl groups is 1. The average Bonchev–Trinajstić information content (AvgIpc) is 2.77. The fraction of sp³-hybridized carbons (Fsp3) is 0.571. The minimum atomic E-state index is -0.533. The van der Waals surface area contributed by atoms with Crippen LogP contribution in [0.4, 0.5) is 0 Å². The summed E-state index contributed by atoms with van der Waals surface area (Å²) in [7, 11) is 0. The normalized spacial score (nSPS) is 25.1. The smallest absolute Gasteiger partial charge is 0.125 e. The second-order valence-corrected chi connectivity index (χ2v) is 5.62. The van der Waals surface area contributed by atoms with Crippen molar-refractivity contribution >= 4 is 15.9 Å². The van der Waals surface area contributed by atoms with Crippen molar-refractivity contribution in [1.29, 1.82) is 0 Å². The van der Waals surface area contributed by atoms with Gasteiger partial charge in [0, 0.05) is 16.0 Å². The summed E-state index contributed by atoms with van der Waals surface area (Å²) >= 11 is 3.44. The first-order valence-electron chi connectivity index (χ1n) is 6.33. The maximum Gasteiger partial charge on any atom is 0.125 e. The van der Waals surface area contributed by atoms with E-state index in [-0.39, 0.29) is 12.0 Å². The van der Waals surface area contributed by atoms with E-state index in [1.54, 1.807) is 0 Å². The van der Waals surface area contributed by atoms with Crippen molar-refractivity contribution in [2.75, 3.05) is 13.2 Å². The van der Waals surface area contributed by atoms with E-state index >= 15 is 0 Å². The number of halogens is 1. The summed E-state index contributed by atoms with van der Waals surface area (Å²) in [6.07, 6.45) is 0.584. The molecule has 1 saturated heterocycles. The molecule has 3 atom stereocenters. The largest absolute Gasteiger partial charge is 0.493 e. The quantitative estimate of drug-likeness (QED) is 0.926. The van der Waals surface area contributed by atoms with E-state index in [1.807, 2.05) is 32.0 Å². The maximum atomic E-state index is 10.5. The molecule has 1 aromatic rings. The monoisotopic (exact) mass is 314 g/mol. The molecule has 18 heavy (non-hydrogen) atoms. The maximum absolute atomic E-state index is 10.5. The van der Waals surface area contributed by atoms with Gasteiger partial charge in [-0.3, -0.25) is 0 Å². The van der Waals surface area contributed by atoms with Crippen LogP contribution in [-0.4, -0.2) is 24.4 Å². The minimum absolute atomic E-state index is 0.147. The lowest BCUT2D eigenvalue weighted by atomic mass is 9.93. The van der Waals surface area contributed by atoms with E-state index < -0.39 is 6.10 Å². The van der Waals surface area contributed by atoms with Gasteiger partial charge in [-0.05, 0) is 38.5 Å². The fourth-order valence-electron chi connectivity index (χ4n) is 2.36.